The number of carboxylic acids is 1. The maximum absolute atomic E-state index is 12.3. The van der Waals surface area contributed by atoms with E-state index in [0.29, 0.717) is 17.7 Å². The quantitative estimate of drug-likeness (QED) is 0.581. The molecule has 1 aliphatic heterocycles. The van der Waals surface area contributed by atoms with Crippen molar-refractivity contribution >= 4 is 16.9 Å². The Balaban J connectivity index is 1.73. The number of aryl methyl sites for hydroxylation is 1. The van der Waals surface area contributed by atoms with E-state index in [1.807, 2.05) is 25.1 Å². The van der Waals surface area contributed by atoms with Gasteiger partial charge in [0.1, 0.15) is 5.75 Å². The van der Waals surface area contributed by atoms with Crippen molar-refractivity contribution in [1.82, 2.24) is 14.5 Å². The molecule has 7 heteroatoms. The average molecular weight is 409 g/mol. The van der Waals surface area contributed by atoms with Gasteiger partial charge >= 0.3 is 5.97 Å². The Morgan fingerprint density at radius 3 is 2.60 bits per heavy atom. The maximum atomic E-state index is 12.3. The largest absolute Gasteiger partial charge is 0.506 e. The van der Waals surface area contributed by atoms with E-state index >= 15 is 0 Å². The topological polar surface area (TPSA) is 98.6 Å². The van der Waals surface area contributed by atoms with Crippen molar-refractivity contribution in [3.63, 3.8) is 0 Å². The fourth-order valence-corrected chi connectivity index (χ4v) is 4.50. The molecule has 2 aromatic heterocycles. The van der Waals surface area contributed by atoms with E-state index in [-0.39, 0.29) is 0 Å². The molecule has 4 rings (SSSR count). The molecule has 3 aromatic rings. The van der Waals surface area contributed by atoms with Crippen LogP contribution in [-0.4, -0.2) is 50.3 Å². The fourth-order valence-electron chi connectivity index (χ4n) is 4.50. The number of carboxylic acid groups (broad SMARTS) is 1. The lowest BCUT2D eigenvalue weighted by atomic mass is 9.99. The van der Waals surface area contributed by atoms with Gasteiger partial charge in [-0.15, -0.1) is 0 Å². The number of carbonyl (C=O) groups is 1. The summed E-state index contributed by atoms with van der Waals surface area (Å²) in [6, 6.07) is 8.06. The van der Waals surface area contributed by atoms with Gasteiger partial charge in [-0.1, -0.05) is 13.0 Å². The van der Waals surface area contributed by atoms with Gasteiger partial charge in [0.2, 0.25) is 0 Å². The minimum Gasteiger partial charge on any atom is -0.506 e. The number of hydrogen-bond acceptors (Lipinski definition) is 4. The highest BCUT2D eigenvalue weighted by molar-refractivity contribution is 5.92. The lowest BCUT2D eigenvalue weighted by Gasteiger charge is -2.14. The van der Waals surface area contributed by atoms with E-state index in [2.05, 4.69) is 27.6 Å². The number of rotatable bonds is 6. The second-order valence-electron chi connectivity index (χ2n) is 7.96. The Bertz CT molecular complexity index is 1170. The first-order chi connectivity index (χ1) is 14.4. The molecule has 0 aliphatic carbocycles. The summed E-state index contributed by atoms with van der Waals surface area (Å²) in [6.07, 6.45) is 3.94. The van der Waals surface area contributed by atoms with Crippen LogP contribution >= 0.6 is 0 Å². The van der Waals surface area contributed by atoms with E-state index in [9.17, 15) is 19.8 Å². The number of aromatic carboxylic acids is 1. The fraction of sp³-hybridized carbons (Fsp3) is 0.391. The van der Waals surface area contributed by atoms with Crippen LogP contribution in [0.1, 0.15) is 41.4 Å². The number of nitrogens with one attached hydrogen (secondary N) is 1. The van der Waals surface area contributed by atoms with Crippen molar-refractivity contribution in [2.24, 2.45) is 7.05 Å². The van der Waals surface area contributed by atoms with Crippen molar-refractivity contribution in [3.8, 4) is 17.0 Å². The van der Waals surface area contributed by atoms with Crippen molar-refractivity contribution in [3.05, 3.63) is 51.4 Å². The number of H-pyrrole nitrogens is 1. The van der Waals surface area contributed by atoms with Crippen LogP contribution in [-0.2, 0) is 19.9 Å². The summed E-state index contributed by atoms with van der Waals surface area (Å²) in [5.74, 6) is -1.89. The zero-order valence-corrected chi connectivity index (χ0v) is 17.4. The Morgan fingerprint density at radius 1 is 1.20 bits per heavy atom. The molecule has 1 saturated heterocycles. The number of pyridine rings is 1. The van der Waals surface area contributed by atoms with Gasteiger partial charge in [-0.25, -0.2) is 4.79 Å². The molecule has 0 amide bonds. The molecule has 0 unspecified atom stereocenters. The second-order valence-corrected chi connectivity index (χ2v) is 7.96. The smallest absolute Gasteiger partial charge is 0.345 e. The summed E-state index contributed by atoms with van der Waals surface area (Å²) in [6.45, 7) is 5.23. The van der Waals surface area contributed by atoms with Crippen molar-refractivity contribution in [1.29, 1.82) is 0 Å². The first-order valence-corrected chi connectivity index (χ1v) is 10.4. The van der Waals surface area contributed by atoms with Gasteiger partial charge in [-0.2, -0.15) is 0 Å². The number of aromatic amines is 1. The Kier molecular flexibility index (Phi) is 5.39. The predicted octanol–water partition coefficient (Wildman–Crippen LogP) is 3.14. The van der Waals surface area contributed by atoms with Crippen LogP contribution < -0.4 is 5.56 Å². The normalized spacial score (nSPS) is 14.6. The van der Waals surface area contributed by atoms with Crippen LogP contribution in [0.15, 0.2) is 29.1 Å². The highest BCUT2D eigenvalue weighted by Crippen LogP contribution is 2.32. The van der Waals surface area contributed by atoms with Crippen LogP contribution in [0.2, 0.25) is 0 Å². The summed E-state index contributed by atoms with van der Waals surface area (Å²) < 4.78 is 2.20. The number of likely N-dealkylation sites (tertiary alicyclic amines) is 1. The van der Waals surface area contributed by atoms with Gasteiger partial charge in [0.05, 0.1) is 5.69 Å². The van der Waals surface area contributed by atoms with E-state index in [1.54, 1.807) is 0 Å². The lowest BCUT2D eigenvalue weighted by Crippen LogP contribution is -2.22. The monoisotopic (exact) mass is 409 g/mol. The molecule has 30 heavy (non-hydrogen) atoms. The minimum absolute atomic E-state index is 0.395. The molecule has 0 bridgehead atoms. The van der Waals surface area contributed by atoms with E-state index in [1.165, 1.54) is 31.6 Å². The molecule has 0 spiro atoms. The Hall–Kier alpha value is -3.06. The third-order valence-electron chi connectivity index (χ3n) is 6.17. The molecule has 1 fully saturated rings. The summed E-state index contributed by atoms with van der Waals surface area (Å²) in [5, 5.41) is 20.7. The van der Waals surface area contributed by atoms with Crippen molar-refractivity contribution in [2.75, 3.05) is 19.6 Å². The summed E-state index contributed by atoms with van der Waals surface area (Å²) in [7, 11) is 2.06. The van der Waals surface area contributed by atoms with E-state index in [0.717, 1.165) is 29.4 Å². The first kappa shape index (κ1) is 20.2. The van der Waals surface area contributed by atoms with Crippen LogP contribution in [0.3, 0.4) is 0 Å². The molecule has 158 valence electrons. The van der Waals surface area contributed by atoms with Gasteiger partial charge in [-0.3, -0.25) is 4.79 Å². The van der Waals surface area contributed by atoms with Gasteiger partial charge in [0.25, 0.3) is 5.56 Å². The molecule has 7 nitrogen and oxygen atoms in total. The molecular formula is C23H27N3O4. The van der Waals surface area contributed by atoms with Crippen molar-refractivity contribution in [2.45, 2.75) is 32.6 Å². The SMILES string of the molecule is CCc1c(-c2ccc3c(c2)cc(CCN2CCCC2)n3C)[nH]c(=O)c(C(=O)O)c1O. The lowest BCUT2D eigenvalue weighted by molar-refractivity contribution is 0.0691. The highest BCUT2D eigenvalue weighted by Gasteiger charge is 2.22. The molecule has 3 heterocycles. The molecule has 0 atom stereocenters. The summed E-state index contributed by atoms with van der Waals surface area (Å²) in [5.41, 5.74) is 2.59. The Labute approximate surface area is 174 Å². The number of hydrogen-bond donors (Lipinski definition) is 3. The second kappa shape index (κ2) is 7.99. The molecular weight excluding hydrogens is 382 g/mol. The van der Waals surface area contributed by atoms with Gasteiger partial charge in [-0.05, 0) is 56.1 Å². The van der Waals surface area contributed by atoms with Crippen LogP contribution in [0.25, 0.3) is 22.2 Å². The number of nitrogens with zero attached hydrogens (tertiary/aromatic N) is 2. The van der Waals surface area contributed by atoms with Gasteiger partial charge < -0.3 is 24.7 Å². The predicted molar refractivity (Wildman–Crippen MR) is 116 cm³/mol. The molecule has 0 radical (unpaired) electrons. The highest BCUT2D eigenvalue weighted by atomic mass is 16.4. The first-order valence-electron chi connectivity index (χ1n) is 10.4. The maximum Gasteiger partial charge on any atom is 0.345 e. The average Bonchev–Trinajstić information content (AvgIpc) is 3.33. The molecule has 3 N–H and O–H groups in total. The molecule has 0 saturated carbocycles. The third-order valence-corrected chi connectivity index (χ3v) is 6.17. The van der Waals surface area contributed by atoms with Crippen LogP contribution in [0.4, 0.5) is 0 Å². The van der Waals surface area contributed by atoms with Crippen LogP contribution in [0, 0.1) is 0 Å². The van der Waals surface area contributed by atoms with Crippen molar-refractivity contribution < 1.29 is 15.0 Å². The number of fused-ring (bicyclic) bond motifs is 1. The van der Waals surface area contributed by atoms with E-state index < -0.39 is 22.8 Å². The Morgan fingerprint density at radius 2 is 1.93 bits per heavy atom. The summed E-state index contributed by atoms with van der Waals surface area (Å²) >= 11 is 0. The standard InChI is InChI=1S/C23H27N3O4/c1-3-17-20(24-22(28)19(21(17)27)23(29)30)14-6-7-18-15(12-14)13-16(25(18)2)8-11-26-9-4-5-10-26/h6-7,12-13H,3-5,8-11H2,1-2H3,(H,29,30)(H2,24,27,28). The number of benzene rings is 1. The van der Waals surface area contributed by atoms with E-state index in [4.69, 9.17) is 0 Å². The zero-order valence-electron chi connectivity index (χ0n) is 17.4. The number of aromatic nitrogens is 2. The van der Waals surface area contributed by atoms with Crippen LogP contribution in [0.5, 0.6) is 5.75 Å². The third kappa shape index (κ3) is 3.50. The zero-order chi connectivity index (χ0) is 21.4. The molecule has 1 aromatic carbocycles. The summed E-state index contributed by atoms with van der Waals surface area (Å²) in [4.78, 5) is 28.8. The minimum atomic E-state index is -1.43. The van der Waals surface area contributed by atoms with Gasteiger partial charge in [0.15, 0.2) is 5.56 Å². The van der Waals surface area contributed by atoms with Gasteiger partial charge in [0, 0.05) is 42.2 Å². The number of aromatic hydroxyl groups is 1. The molecule has 1 aliphatic rings.